The average molecular weight is 212 g/mol. The molecule has 0 saturated heterocycles. The third-order valence-corrected chi connectivity index (χ3v) is 2.30. The molecule has 1 nitrogen and oxygen atoms in total. The van der Waals surface area contributed by atoms with Crippen molar-refractivity contribution in [3.8, 4) is 0 Å². The highest BCUT2D eigenvalue weighted by atomic mass is 35.5. The van der Waals surface area contributed by atoms with E-state index in [0.29, 0.717) is 5.41 Å². The van der Waals surface area contributed by atoms with Crippen LogP contribution in [0.1, 0.15) is 26.3 Å². The lowest BCUT2D eigenvalue weighted by Crippen LogP contribution is -2.26. The molecule has 0 aliphatic carbocycles. The summed E-state index contributed by atoms with van der Waals surface area (Å²) in [6, 6.07) is 7.95. The third-order valence-electron chi connectivity index (χ3n) is 1.93. The van der Waals surface area contributed by atoms with Crippen LogP contribution in [0.5, 0.6) is 0 Å². The Morgan fingerprint density at radius 2 is 1.86 bits per heavy atom. The summed E-state index contributed by atoms with van der Waals surface area (Å²) in [5.74, 6) is 0. The van der Waals surface area contributed by atoms with E-state index in [1.807, 2.05) is 18.2 Å². The first kappa shape index (κ1) is 11.5. The van der Waals surface area contributed by atoms with Crippen molar-refractivity contribution in [1.82, 2.24) is 5.32 Å². The lowest BCUT2D eigenvalue weighted by Gasteiger charge is -2.19. The van der Waals surface area contributed by atoms with Crippen molar-refractivity contribution >= 4 is 11.6 Å². The quantitative estimate of drug-likeness (QED) is 0.808. The summed E-state index contributed by atoms with van der Waals surface area (Å²) in [6.07, 6.45) is 0. The number of hydrogen-bond donors (Lipinski definition) is 1. The molecule has 0 heterocycles. The highest BCUT2D eigenvalue weighted by molar-refractivity contribution is 6.31. The van der Waals surface area contributed by atoms with Gasteiger partial charge in [-0.2, -0.15) is 0 Å². The van der Waals surface area contributed by atoms with Gasteiger partial charge in [0.1, 0.15) is 0 Å². The van der Waals surface area contributed by atoms with Crippen LogP contribution in [0.3, 0.4) is 0 Å². The van der Waals surface area contributed by atoms with Gasteiger partial charge in [-0.1, -0.05) is 50.6 Å². The minimum atomic E-state index is 0.321. The first-order valence-corrected chi connectivity index (χ1v) is 5.31. The fourth-order valence-electron chi connectivity index (χ4n) is 1.21. The molecular formula is C12H18ClN. The second-order valence-corrected chi connectivity index (χ2v) is 5.16. The van der Waals surface area contributed by atoms with Gasteiger partial charge in [-0.25, -0.2) is 0 Å². The van der Waals surface area contributed by atoms with E-state index in [1.54, 1.807) is 0 Å². The molecule has 1 aromatic rings. The number of benzene rings is 1. The Balaban J connectivity index is 2.43. The monoisotopic (exact) mass is 211 g/mol. The summed E-state index contributed by atoms with van der Waals surface area (Å²) < 4.78 is 0. The summed E-state index contributed by atoms with van der Waals surface area (Å²) in [5.41, 5.74) is 1.49. The number of rotatable bonds is 3. The molecule has 0 radical (unpaired) electrons. The Hall–Kier alpha value is -0.530. The van der Waals surface area contributed by atoms with Gasteiger partial charge in [0.15, 0.2) is 0 Å². The van der Waals surface area contributed by atoms with Crippen LogP contribution >= 0.6 is 11.6 Å². The van der Waals surface area contributed by atoms with Crippen LogP contribution in [0, 0.1) is 5.41 Å². The lowest BCUT2D eigenvalue weighted by atomic mass is 9.97. The molecule has 0 atom stereocenters. The van der Waals surface area contributed by atoms with Crippen molar-refractivity contribution in [2.24, 2.45) is 5.41 Å². The zero-order valence-corrected chi connectivity index (χ0v) is 9.86. The van der Waals surface area contributed by atoms with Crippen molar-refractivity contribution in [2.75, 3.05) is 6.54 Å². The predicted molar refractivity (Wildman–Crippen MR) is 62.6 cm³/mol. The molecule has 0 fully saturated rings. The molecule has 2 heteroatoms. The van der Waals surface area contributed by atoms with E-state index in [2.05, 4.69) is 32.2 Å². The van der Waals surface area contributed by atoms with E-state index < -0.39 is 0 Å². The summed E-state index contributed by atoms with van der Waals surface area (Å²) >= 11 is 6.03. The van der Waals surface area contributed by atoms with Crippen LogP contribution in [0.25, 0.3) is 0 Å². The molecule has 1 rings (SSSR count). The van der Waals surface area contributed by atoms with Crippen LogP contribution in [0.2, 0.25) is 5.02 Å². The van der Waals surface area contributed by atoms with Crippen LogP contribution < -0.4 is 5.32 Å². The van der Waals surface area contributed by atoms with E-state index in [1.165, 1.54) is 5.56 Å². The van der Waals surface area contributed by atoms with Crippen LogP contribution in [0.15, 0.2) is 24.3 Å². The molecule has 0 spiro atoms. The van der Waals surface area contributed by atoms with Gasteiger partial charge in [0.05, 0.1) is 0 Å². The van der Waals surface area contributed by atoms with Crippen LogP contribution in [-0.4, -0.2) is 6.54 Å². The summed E-state index contributed by atoms with van der Waals surface area (Å²) in [7, 11) is 0. The Morgan fingerprint density at radius 3 is 2.43 bits per heavy atom. The number of hydrogen-bond acceptors (Lipinski definition) is 1. The van der Waals surface area contributed by atoms with Gasteiger partial charge in [0.25, 0.3) is 0 Å². The molecule has 0 aliphatic rings. The van der Waals surface area contributed by atoms with E-state index >= 15 is 0 Å². The van der Waals surface area contributed by atoms with E-state index in [0.717, 1.165) is 18.1 Å². The summed E-state index contributed by atoms with van der Waals surface area (Å²) in [4.78, 5) is 0. The fourth-order valence-corrected chi connectivity index (χ4v) is 1.42. The van der Waals surface area contributed by atoms with Gasteiger partial charge in [-0.15, -0.1) is 0 Å². The third kappa shape index (κ3) is 4.12. The van der Waals surface area contributed by atoms with E-state index in [-0.39, 0.29) is 0 Å². The van der Waals surface area contributed by atoms with Crippen molar-refractivity contribution in [2.45, 2.75) is 27.3 Å². The van der Waals surface area contributed by atoms with E-state index in [9.17, 15) is 0 Å². The summed E-state index contributed by atoms with van der Waals surface area (Å²) in [6.45, 7) is 8.49. The fraction of sp³-hybridized carbons (Fsp3) is 0.500. The zero-order valence-electron chi connectivity index (χ0n) is 9.10. The Bertz CT molecular complexity index is 289. The molecule has 0 saturated carbocycles. The van der Waals surface area contributed by atoms with Crippen molar-refractivity contribution in [3.05, 3.63) is 34.9 Å². The topological polar surface area (TPSA) is 12.0 Å². The molecule has 0 unspecified atom stereocenters. The van der Waals surface area contributed by atoms with Gasteiger partial charge >= 0.3 is 0 Å². The SMILES string of the molecule is CC(C)(C)CNCc1ccccc1Cl. The highest BCUT2D eigenvalue weighted by Crippen LogP contribution is 2.15. The lowest BCUT2D eigenvalue weighted by molar-refractivity contribution is 0.379. The molecule has 14 heavy (non-hydrogen) atoms. The van der Waals surface area contributed by atoms with Crippen molar-refractivity contribution < 1.29 is 0 Å². The minimum Gasteiger partial charge on any atom is -0.312 e. The van der Waals surface area contributed by atoms with Crippen molar-refractivity contribution in [1.29, 1.82) is 0 Å². The molecule has 0 bridgehead atoms. The maximum Gasteiger partial charge on any atom is 0.0450 e. The second-order valence-electron chi connectivity index (χ2n) is 4.76. The predicted octanol–water partition coefficient (Wildman–Crippen LogP) is 3.48. The molecule has 1 N–H and O–H groups in total. The Morgan fingerprint density at radius 1 is 1.21 bits per heavy atom. The molecule has 1 aromatic carbocycles. The maximum absolute atomic E-state index is 6.03. The second kappa shape index (κ2) is 4.81. The molecular weight excluding hydrogens is 194 g/mol. The first-order valence-electron chi connectivity index (χ1n) is 4.93. The van der Waals surface area contributed by atoms with Gasteiger partial charge in [0, 0.05) is 18.1 Å². The summed E-state index contributed by atoms with van der Waals surface area (Å²) in [5, 5.41) is 4.24. The highest BCUT2D eigenvalue weighted by Gasteiger charge is 2.09. The van der Waals surface area contributed by atoms with Crippen LogP contribution in [0.4, 0.5) is 0 Å². The van der Waals surface area contributed by atoms with Gasteiger partial charge < -0.3 is 5.32 Å². The minimum absolute atomic E-state index is 0.321. The largest absolute Gasteiger partial charge is 0.312 e. The van der Waals surface area contributed by atoms with Gasteiger partial charge in [-0.05, 0) is 17.0 Å². The van der Waals surface area contributed by atoms with Crippen molar-refractivity contribution in [3.63, 3.8) is 0 Å². The maximum atomic E-state index is 6.03. The molecule has 0 aliphatic heterocycles. The molecule has 78 valence electrons. The first-order chi connectivity index (χ1) is 6.49. The molecule has 0 amide bonds. The average Bonchev–Trinajstić information content (AvgIpc) is 2.06. The van der Waals surface area contributed by atoms with E-state index in [4.69, 9.17) is 11.6 Å². The van der Waals surface area contributed by atoms with Gasteiger partial charge in [0.2, 0.25) is 0 Å². The zero-order chi connectivity index (χ0) is 10.6. The van der Waals surface area contributed by atoms with Crippen LogP contribution in [-0.2, 0) is 6.54 Å². The molecule has 0 aromatic heterocycles. The normalized spacial score (nSPS) is 11.7. The number of halogens is 1. The standard InChI is InChI=1S/C12H18ClN/c1-12(2,3)9-14-8-10-6-4-5-7-11(10)13/h4-7,14H,8-9H2,1-3H3. The van der Waals surface area contributed by atoms with Gasteiger partial charge in [-0.3, -0.25) is 0 Å². The number of nitrogens with one attached hydrogen (secondary N) is 1. The smallest absolute Gasteiger partial charge is 0.0450 e. The Labute approximate surface area is 91.5 Å². The Kier molecular flexibility index (Phi) is 3.97.